The Morgan fingerprint density at radius 1 is 1.39 bits per heavy atom. The maximum absolute atomic E-state index is 5.78. The van der Waals surface area contributed by atoms with Crippen LogP contribution in [0.25, 0.3) is 0 Å². The zero-order chi connectivity index (χ0) is 15.2. The third-order valence-corrected chi connectivity index (χ3v) is 5.07. The molecule has 4 rings (SSSR count). The quantitative estimate of drug-likeness (QED) is 0.931. The molecule has 1 saturated carbocycles. The van der Waals surface area contributed by atoms with E-state index in [0.29, 0.717) is 12.0 Å². The smallest absolute Gasteiger partial charge is 0.230 e. The number of para-hydroxylation sites is 1. The monoisotopic (exact) mass is 335 g/mol. The number of halogens is 1. The normalized spacial score (nSPS) is 26.1. The van der Waals surface area contributed by atoms with Gasteiger partial charge in [-0.3, -0.25) is 0 Å². The van der Waals surface area contributed by atoms with Crippen molar-refractivity contribution in [3.8, 4) is 5.75 Å². The van der Waals surface area contributed by atoms with Crippen LogP contribution in [0.4, 0.5) is 0 Å². The minimum absolute atomic E-state index is 0. The van der Waals surface area contributed by atoms with E-state index in [0.717, 1.165) is 43.3 Å². The summed E-state index contributed by atoms with van der Waals surface area (Å²) >= 11 is 0. The van der Waals surface area contributed by atoms with E-state index in [1.807, 2.05) is 13.1 Å². The number of hydrogen-bond donors (Lipinski definition) is 1. The first-order chi connectivity index (χ1) is 10.7. The Kier molecular flexibility index (Phi) is 4.34. The van der Waals surface area contributed by atoms with Crippen molar-refractivity contribution in [1.82, 2.24) is 15.5 Å². The Morgan fingerprint density at radius 3 is 3.04 bits per heavy atom. The topological polar surface area (TPSA) is 60.2 Å². The molecule has 1 aromatic heterocycles. The average molecular weight is 336 g/mol. The molecule has 1 spiro atoms. The molecule has 23 heavy (non-hydrogen) atoms. The molecule has 124 valence electrons. The average Bonchev–Trinajstić information content (AvgIpc) is 3.06. The van der Waals surface area contributed by atoms with Crippen LogP contribution in [0.5, 0.6) is 5.75 Å². The van der Waals surface area contributed by atoms with Gasteiger partial charge in [-0.1, -0.05) is 23.4 Å². The third kappa shape index (κ3) is 2.72. The number of ether oxygens (including phenoxy) is 1. The molecule has 1 N–H and O–H groups in total. The molecule has 0 amide bonds. The van der Waals surface area contributed by atoms with E-state index in [1.54, 1.807) is 0 Å². The number of rotatable bonds is 4. The largest absolute Gasteiger partial charge is 0.493 e. The zero-order valence-corrected chi connectivity index (χ0v) is 14.2. The van der Waals surface area contributed by atoms with E-state index in [1.165, 1.54) is 5.56 Å². The van der Waals surface area contributed by atoms with Crippen LogP contribution in [0.1, 0.15) is 43.0 Å². The van der Waals surface area contributed by atoms with Crippen molar-refractivity contribution in [2.75, 3.05) is 13.7 Å². The van der Waals surface area contributed by atoms with Crippen molar-refractivity contribution in [1.29, 1.82) is 0 Å². The predicted octanol–water partition coefficient (Wildman–Crippen LogP) is 2.85. The van der Waals surface area contributed by atoms with Crippen LogP contribution in [0, 0.1) is 0 Å². The SMILES string of the molecule is CNC(C)Cc1noc(C2CC23CCOc2ccccc23)n1.Cl. The standard InChI is InChI=1S/C17H21N3O2.ClH/c1-11(18-2)9-15-19-16(22-20-15)13-10-17(13)7-8-21-14-6-4-3-5-12(14)17;/h3-6,11,13,18H,7-10H2,1-2H3;1H. The Balaban J connectivity index is 0.00000156. The molecule has 3 unspecified atom stereocenters. The highest BCUT2D eigenvalue weighted by Crippen LogP contribution is 2.65. The van der Waals surface area contributed by atoms with E-state index in [2.05, 4.69) is 40.6 Å². The second-order valence-electron chi connectivity index (χ2n) is 6.45. The second-order valence-corrected chi connectivity index (χ2v) is 6.45. The first-order valence-corrected chi connectivity index (χ1v) is 7.95. The van der Waals surface area contributed by atoms with Gasteiger partial charge in [-0.2, -0.15) is 4.98 Å². The molecule has 5 nitrogen and oxygen atoms in total. The van der Waals surface area contributed by atoms with Gasteiger partial charge in [-0.25, -0.2) is 0 Å². The van der Waals surface area contributed by atoms with Crippen LogP contribution in [-0.4, -0.2) is 29.8 Å². The summed E-state index contributed by atoms with van der Waals surface area (Å²) in [5, 5.41) is 7.34. The summed E-state index contributed by atoms with van der Waals surface area (Å²) < 4.78 is 11.3. The van der Waals surface area contributed by atoms with E-state index in [-0.39, 0.29) is 17.8 Å². The molecule has 2 heterocycles. The van der Waals surface area contributed by atoms with Gasteiger partial charge in [0.2, 0.25) is 5.89 Å². The second kappa shape index (κ2) is 6.13. The molecule has 6 heteroatoms. The summed E-state index contributed by atoms with van der Waals surface area (Å²) in [4.78, 5) is 4.62. The van der Waals surface area contributed by atoms with E-state index < -0.39 is 0 Å². The summed E-state index contributed by atoms with van der Waals surface area (Å²) in [6, 6.07) is 8.69. The lowest BCUT2D eigenvalue weighted by Crippen LogP contribution is -2.24. The predicted molar refractivity (Wildman–Crippen MR) is 89.4 cm³/mol. The van der Waals surface area contributed by atoms with Gasteiger partial charge < -0.3 is 14.6 Å². The third-order valence-electron chi connectivity index (χ3n) is 5.07. The molecule has 1 fully saturated rings. The van der Waals surface area contributed by atoms with Crippen molar-refractivity contribution in [3.63, 3.8) is 0 Å². The number of hydrogen-bond acceptors (Lipinski definition) is 5. The Labute approximate surface area is 142 Å². The Bertz CT molecular complexity index is 690. The minimum Gasteiger partial charge on any atom is -0.493 e. The Hall–Kier alpha value is -1.59. The fraction of sp³-hybridized carbons (Fsp3) is 0.529. The number of fused-ring (bicyclic) bond motifs is 2. The molecule has 0 bridgehead atoms. The maximum atomic E-state index is 5.78. The number of nitrogens with one attached hydrogen (secondary N) is 1. The maximum Gasteiger partial charge on any atom is 0.230 e. The van der Waals surface area contributed by atoms with Crippen molar-refractivity contribution in [2.24, 2.45) is 0 Å². The summed E-state index contributed by atoms with van der Waals surface area (Å²) in [7, 11) is 1.94. The molecule has 1 aromatic carbocycles. The van der Waals surface area contributed by atoms with Gasteiger partial charge in [0.05, 0.1) is 6.61 Å². The first-order valence-electron chi connectivity index (χ1n) is 7.95. The first kappa shape index (κ1) is 16.3. The lowest BCUT2D eigenvalue weighted by atomic mass is 9.87. The molecule has 3 atom stereocenters. The number of benzene rings is 1. The highest BCUT2D eigenvalue weighted by molar-refractivity contribution is 5.85. The molecule has 2 aromatic rings. The number of nitrogens with zero attached hydrogens (tertiary/aromatic N) is 2. The highest BCUT2D eigenvalue weighted by atomic mass is 35.5. The van der Waals surface area contributed by atoms with Gasteiger partial charge in [-0.05, 0) is 32.9 Å². The molecule has 1 aliphatic heterocycles. The summed E-state index contributed by atoms with van der Waals surface area (Å²) in [5.74, 6) is 2.93. The number of likely N-dealkylation sites (N-methyl/N-ethyl adjacent to an activating group) is 1. The van der Waals surface area contributed by atoms with Crippen LogP contribution < -0.4 is 10.1 Å². The van der Waals surface area contributed by atoms with Crippen molar-refractivity contribution in [2.45, 2.75) is 43.6 Å². The minimum atomic E-state index is 0. The van der Waals surface area contributed by atoms with Gasteiger partial charge in [-0.15, -0.1) is 12.4 Å². The van der Waals surface area contributed by atoms with E-state index in [4.69, 9.17) is 9.26 Å². The zero-order valence-electron chi connectivity index (χ0n) is 13.4. The van der Waals surface area contributed by atoms with E-state index >= 15 is 0 Å². The molecule has 1 aliphatic carbocycles. The van der Waals surface area contributed by atoms with Crippen molar-refractivity contribution < 1.29 is 9.26 Å². The van der Waals surface area contributed by atoms with Crippen LogP contribution >= 0.6 is 12.4 Å². The van der Waals surface area contributed by atoms with Crippen LogP contribution in [0.15, 0.2) is 28.8 Å². The van der Waals surface area contributed by atoms with Gasteiger partial charge in [0.25, 0.3) is 0 Å². The fourth-order valence-electron chi connectivity index (χ4n) is 3.55. The lowest BCUT2D eigenvalue weighted by molar-refractivity contribution is 0.254. The Morgan fingerprint density at radius 2 is 2.22 bits per heavy atom. The van der Waals surface area contributed by atoms with E-state index in [9.17, 15) is 0 Å². The molecule has 0 radical (unpaired) electrons. The molecular formula is C17H22ClN3O2. The lowest BCUT2D eigenvalue weighted by Gasteiger charge is -2.26. The molecule has 0 saturated heterocycles. The van der Waals surface area contributed by atoms with Crippen LogP contribution in [0.3, 0.4) is 0 Å². The highest BCUT2D eigenvalue weighted by Gasteiger charge is 2.60. The van der Waals surface area contributed by atoms with Gasteiger partial charge in [0.1, 0.15) is 5.75 Å². The van der Waals surface area contributed by atoms with Crippen molar-refractivity contribution >= 4 is 12.4 Å². The van der Waals surface area contributed by atoms with Gasteiger partial charge in [0.15, 0.2) is 5.82 Å². The van der Waals surface area contributed by atoms with Gasteiger partial charge in [0, 0.05) is 29.4 Å². The van der Waals surface area contributed by atoms with Crippen LogP contribution in [0.2, 0.25) is 0 Å². The van der Waals surface area contributed by atoms with Gasteiger partial charge >= 0.3 is 0 Å². The fourth-order valence-corrected chi connectivity index (χ4v) is 3.55. The molecular weight excluding hydrogens is 314 g/mol. The molecule has 2 aliphatic rings. The summed E-state index contributed by atoms with van der Waals surface area (Å²) in [6.07, 6.45) is 2.90. The summed E-state index contributed by atoms with van der Waals surface area (Å²) in [5.41, 5.74) is 1.45. The number of aromatic nitrogens is 2. The van der Waals surface area contributed by atoms with Crippen molar-refractivity contribution in [3.05, 3.63) is 41.5 Å². The summed E-state index contributed by atoms with van der Waals surface area (Å²) in [6.45, 7) is 2.88. The van der Waals surface area contributed by atoms with Crippen LogP contribution in [-0.2, 0) is 11.8 Å².